The van der Waals surface area contributed by atoms with Gasteiger partial charge in [-0.15, -0.1) is 0 Å². The maximum atomic E-state index is 13.6. The SMILES string of the molecule is CC(N)C(C)C(=O)NC(c1cccc(F)c1)c1cccc(Cl)c1. The Bertz CT molecular complexity index is 645. The Morgan fingerprint density at radius 1 is 1.13 bits per heavy atom. The minimum Gasteiger partial charge on any atom is -0.345 e. The van der Waals surface area contributed by atoms with Crippen LogP contribution in [0, 0.1) is 11.7 Å². The van der Waals surface area contributed by atoms with Gasteiger partial charge in [0.25, 0.3) is 0 Å². The number of carbonyl (C=O) groups is 1. The number of carbonyl (C=O) groups excluding carboxylic acids is 1. The molecule has 0 aromatic heterocycles. The van der Waals surface area contributed by atoms with Gasteiger partial charge < -0.3 is 11.1 Å². The van der Waals surface area contributed by atoms with Crippen LogP contribution in [0.4, 0.5) is 4.39 Å². The highest BCUT2D eigenvalue weighted by atomic mass is 35.5. The van der Waals surface area contributed by atoms with E-state index >= 15 is 0 Å². The molecule has 0 heterocycles. The van der Waals surface area contributed by atoms with Crippen molar-refractivity contribution >= 4 is 17.5 Å². The van der Waals surface area contributed by atoms with Crippen molar-refractivity contribution in [1.82, 2.24) is 5.32 Å². The lowest BCUT2D eigenvalue weighted by Gasteiger charge is -2.23. The van der Waals surface area contributed by atoms with Crippen molar-refractivity contribution in [2.75, 3.05) is 0 Å². The van der Waals surface area contributed by atoms with Gasteiger partial charge >= 0.3 is 0 Å². The molecular formula is C18H20ClFN2O. The van der Waals surface area contributed by atoms with Gasteiger partial charge in [0.1, 0.15) is 5.82 Å². The van der Waals surface area contributed by atoms with Gasteiger partial charge in [0.2, 0.25) is 5.91 Å². The van der Waals surface area contributed by atoms with Crippen molar-refractivity contribution in [3.63, 3.8) is 0 Å². The number of rotatable bonds is 5. The summed E-state index contributed by atoms with van der Waals surface area (Å²) in [4.78, 5) is 12.4. The Morgan fingerprint density at radius 2 is 1.74 bits per heavy atom. The molecule has 122 valence electrons. The number of hydrogen-bond acceptors (Lipinski definition) is 2. The fourth-order valence-corrected chi connectivity index (χ4v) is 2.44. The van der Waals surface area contributed by atoms with Gasteiger partial charge in [-0.25, -0.2) is 4.39 Å². The van der Waals surface area contributed by atoms with Crippen LogP contribution in [0.15, 0.2) is 48.5 Å². The van der Waals surface area contributed by atoms with E-state index in [1.807, 2.05) is 6.07 Å². The summed E-state index contributed by atoms with van der Waals surface area (Å²) in [6.07, 6.45) is 0. The van der Waals surface area contributed by atoms with Gasteiger partial charge in [0.05, 0.1) is 6.04 Å². The number of nitrogens with two attached hydrogens (primary N) is 1. The molecule has 3 unspecified atom stereocenters. The van der Waals surface area contributed by atoms with E-state index in [-0.39, 0.29) is 23.7 Å². The van der Waals surface area contributed by atoms with Crippen molar-refractivity contribution in [3.05, 3.63) is 70.5 Å². The van der Waals surface area contributed by atoms with E-state index in [1.165, 1.54) is 12.1 Å². The van der Waals surface area contributed by atoms with Gasteiger partial charge in [-0.1, -0.05) is 42.8 Å². The molecule has 2 aromatic rings. The molecule has 0 saturated heterocycles. The van der Waals surface area contributed by atoms with Gasteiger partial charge in [-0.2, -0.15) is 0 Å². The normalized spacial score (nSPS) is 14.8. The Hall–Kier alpha value is -1.91. The van der Waals surface area contributed by atoms with E-state index in [4.69, 9.17) is 17.3 Å². The third-order valence-electron chi connectivity index (χ3n) is 3.85. The van der Waals surface area contributed by atoms with Crippen LogP contribution in [0.1, 0.15) is 31.0 Å². The molecule has 5 heteroatoms. The Balaban J connectivity index is 2.38. The van der Waals surface area contributed by atoms with Crippen LogP contribution in [0.2, 0.25) is 5.02 Å². The lowest BCUT2D eigenvalue weighted by atomic mass is 9.96. The van der Waals surface area contributed by atoms with Gasteiger partial charge in [-0.3, -0.25) is 4.79 Å². The maximum absolute atomic E-state index is 13.6. The average Bonchev–Trinajstić information content (AvgIpc) is 2.51. The topological polar surface area (TPSA) is 55.1 Å². The Morgan fingerprint density at radius 3 is 2.30 bits per heavy atom. The van der Waals surface area contributed by atoms with E-state index in [9.17, 15) is 9.18 Å². The Labute approximate surface area is 140 Å². The molecule has 0 bridgehead atoms. The number of hydrogen-bond donors (Lipinski definition) is 2. The standard InChI is InChI=1S/C18H20ClFN2O/c1-11(12(2)21)18(23)22-17(13-5-3-7-15(19)9-13)14-6-4-8-16(20)10-14/h3-12,17H,21H2,1-2H3,(H,22,23). The monoisotopic (exact) mass is 334 g/mol. The number of halogens is 2. The molecule has 0 aliphatic carbocycles. The zero-order valence-corrected chi connectivity index (χ0v) is 13.8. The molecule has 0 spiro atoms. The fourth-order valence-electron chi connectivity index (χ4n) is 2.24. The predicted octanol–water partition coefficient (Wildman–Crippen LogP) is 3.67. The molecule has 2 rings (SSSR count). The predicted molar refractivity (Wildman–Crippen MR) is 90.7 cm³/mol. The summed E-state index contributed by atoms with van der Waals surface area (Å²) in [5.41, 5.74) is 7.23. The first kappa shape index (κ1) is 17.4. The number of benzene rings is 2. The van der Waals surface area contributed by atoms with Crippen molar-refractivity contribution in [2.45, 2.75) is 25.9 Å². The first-order chi connectivity index (χ1) is 10.9. The lowest BCUT2D eigenvalue weighted by Crippen LogP contribution is -2.40. The molecule has 0 saturated carbocycles. The average molecular weight is 335 g/mol. The van der Waals surface area contributed by atoms with E-state index in [2.05, 4.69) is 5.32 Å². The summed E-state index contributed by atoms with van der Waals surface area (Å²) in [5, 5.41) is 3.49. The molecular weight excluding hydrogens is 315 g/mol. The molecule has 0 fully saturated rings. The number of amides is 1. The summed E-state index contributed by atoms with van der Waals surface area (Å²) in [5.74, 6) is -0.900. The van der Waals surface area contributed by atoms with E-state index in [0.29, 0.717) is 10.6 Å². The highest BCUT2D eigenvalue weighted by molar-refractivity contribution is 6.30. The van der Waals surface area contributed by atoms with Crippen LogP contribution in [-0.2, 0) is 4.79 Å². The summed E-state index contributed by atoms with van der Waals surface area (Å²) >= 11 is 6.05. The first-order valence-electron chi connectivity index (χ1n) is 7.45. The second-order valence-electron chi connectivity index (χ2n) is 5.70. The zero-order valence-electron chi connectivity index (χ0n) is 13.1. The van der Waals surface area contributed by atoms with E-state index in [1.54, 1.807) is 44.2 Å². The van der Waals surface area contributed by atoms with Gasteiger partial charge in [0.15, 0.2) is 0 Å². The molecule has 3 nitrogen and oxygen atoms in total. The summed E-state index contributed by atoms with van der Waals surface area (Å²) < 4.78 is 13.6. The third-order valence-corrected chi connectivity index (χ3v) is 4.09. The smallest absolute Gasteiger partial charge is 0.225 e. The van der Waals surface area contributed by atoms with Crippen LogP contribution in [-0.4, -0.2) is 11.9 Å². The van der Waals surface area contributed by atoms with Crippen LogP contribution >= 0.6 is 11.6 Å². The second kappa shape index (κ2) is 7.57. The Kier molecular flexibility index (Phi) is 5.74. The summed E-state index contributed by atoms with van der Waals surface area (Å²) in [7, 11) is 0. The van der Waals surface area contributed by atoms with Crippen LogP contribution in [0.25, 0.3) is 0 Å². The molecule has 3 atom stereocenters. The number of nitrogens with one attached hydrogen (secondary N) is 1. The van der Waals surface area contributed by atoms with E-state index < -0.39 is 6.04 Å². The first-order valence-corrected chi connectivity index (χ1v) is 7.83. The molecule has 0 radical (unpaired) electrons. The van der Waals surface area contributed by atoms with Gasteiger partial charge in [0, 0.05) is 17.0 Å². The summed E-state index contributed by atoms with van der Waals surface area (Å²) in [6.45, 7) is 3.54. The molecule has 2 aromatic carbocycles. The molecule has 3 N–H and O–H groups in total. The van der Waals surface area contributed by atoms with Crippen LogP contribution < -0.4 is 11.1 Å². The highest BCUT2D eigenvalue weighted by Crippen LogP contribution is 2.25. The largest absolute Gasteiger partial charge is 0.345 e. The fraction of sp³-hybridized carbons (Fsp3) is 0.278. The molecule has 0 aliphatic rings. The van der Waals surface area contributed by atoms with E-state index in [0.717, 1.165) is 5.56 Å². The third kappa shape index (κ3) is 4.53. The minimum absolute atomic E-state index is 0.186. The quantitative estimate of drug-likeness (QED) is 0.876. The van der Waals surface area contributed by atoms with Crippen molar-refractivity contribution in [2.24, 2.45) is 11.7 Å². The summed E-state index contributed by atoms with van der Waals surface area (Å²) in [6, 6.07) is 12.5. The highest BCUT2D eigenvalue weighted by Gasteiger charge is 2.23. The van der Waals surface area contributed by atoms with Crippen molar-refractivity contribution in [3.8, 4) is 0 Å². The van der Waals surface area contributed by atoms with Crippen molar-refractivity contribution in [1.29, 1.82) is 0 Å². The van der Waals surface area contributed by atoms with Gasteiger partial charge in [-0.05, 0) is 42.3 Å². The maximum Gasteiger partial charge on any atom is 0.225 e. The lowest BCUT2D eigenvalue weighted by molar-refractivity contribution is -0.125. The molecule has 1 amide bonds. The van der Waals surface area contributed by atoms with Crippen LogP contribution in [0.3, 0.4) is 0 Å². The molecule has 0 aliphatic heterocycles. The van der Waals surface area contributed by atoms with Crippen LogP contribution in [0.5, 0.6) is 0 Å². The van der Waals surface area contributed by atoms with Crippen molar-refractivity contribution < 1.29 is 9.18 Å². The zero-order chi connectivity index (χ0) is 17.0. The second-order valence-corrected chi connectivity index (χ2v) is 6.14. The minimum atomic E-state index is -0.488. The molecule has 23 heavy (non-hydrogen) atoms.